The third-order valence-corrected chi connectivity index (χ3v) is 4.40. The van der Waals surface area contributed by atoms with E-state index in [9.17, 15) is 8.42 Å². The molecule has 0 spiro atoms. The van der Waals surface area contributed by atoms with E-state index >= 15 is 0 Å². The zero-order valence-electron chi connectivity index (χ0n) is 11.7. The summed E-state index contributed by atoms with van der Waals surface area (Å²) in [6.45, 7) is 2.32. The second-order valence-corrected chi connectivity index (χ2v) is 6.47. The van der Waals surface area contributed by atoms with Gasteiger partial charge in [-0.2, -0.15) is 5.26 Å². The molecule has 0 aromatic heterocycles. The SMILES string of the molecule is CCCCC(CN)NS(=O)(=O)Cc1ccccc1C#N. The standard InChI is InChI=1S/C14H21N3O2S/c1-2-3-8-14(10-16)17-20(18,19)11-13-7-5-4-6-12(13)9-15/h4-7,14,17H,2-3,8,10-11,16H2,1H3. The molecule has 6 heteroatoms. The minimum Gasteiger partial charge on any atom is -0.329 e. The number of rotatable bonds is 8. The second kappa shape index (κ2) is 8.00. The van der Waals surface area contributed by atoms with Crippen molar-refractivity contribution in [1.29, 1.82) is 5.26 Å². The Labute approximate surface area is 120 Å². The lowest BCUT2D eigenvalue weighted by Gasteiger charge is -2.16. The highest BCUT2D eigenvalue weighted by molar-refractivity contribution is 7.88. The van der Waals surface area contributed by atoms with E-state index in [0.717, 1.165) is 19.3 Å². The summed E-state index contributed by atoms with van der Waals surface area (Å²) in [6.07, 6.45) is 2.65. The van der Waals surface area contributed by atoms with E-state index in [1.807, 2.05) is 13.0 Å². The predicted molar refractivity (Wildman–Crippen MR) is 79.3 cm³/mol. The highest BCUT2D eigenvalue weighted by atomic mass is 32.2. The highest BCUT2D eigenvalue weighted by Crippen LogP contribution is 2.12. The Morgan fingerprint density at radius 2 is 2.10 bits per heavy atom. The molecule has 0 aliphatic carbocycles. The van der Waals surface area contributed by atoms with Gasteiger partial charge < -0.3 is 5.73 Å². The van der Waals surface area contributed by atoms with Crippen LogP contribution in [-0.4, -0.2) is 21.0 Å². The molecule has 0 bridgehead atoms. The average Bonchev–Trinajstić information content (AvgIpc) is 2.43. The van der Waals surface area contributed by atoms with Crippen LogP contribution >= 0.6 is 0 Å². The lowest BCUT2D eigenvalue weighted by molar-refractivity contribution is 0.516. The Bertz CT molecular complexity index is 564. The summed E-state index contributed by atoms with van der Waals surface area (Å²) >= 11 is 0. The van der Waals surface area contributed by atoms with Crippen molar-refractivity contribution in [1.82, 2.24) is 4.72 Å². The smallest absolute Gasteiger partial charge is 0.216 e. The Hall–Kier alpha value is -1.42. The van der Waals surface area contributed by atoms with Gasteiger partial charge in [-0.3, -0.25) is 0 Å². The number of benzene rings is 1. The third kappa shape index (κ3) is 5.29. The van der Waals surface area contributed by atoms with Crippen molar-refractivity contribution in [2.45, 2.75) is 38.0 Å². The zero-order valence-corrected chi connectivity index (χ0v) is 12.5. The molecular weight excluding hydrogens is 274 g/mol. The summed E-state index contributed by atoms with van der Waals surface area (Å²) < 4.78 is 26.9. The van der Waals surface area contributed by atoms with E-state index in [2.05, 4.69) is 4.72 Å². The predicted octanol–water partition coefficient (Wildman–Crippen LogP) is 1.50. The summed E-state index contributed by atoms with van der Waals surface area (Å²) in [5.74, 6) is -0.195. The molecule has 1 aromatic rings. The van der Waals surface area contributed by atoms with Crippen LogP contribution in [0.1, 0.15) is 37.3 Å². The van der Waals surface area contributed by atoms with Gasteiger partial charge in [0.2, 0.25) is 10.0 Å². The molecule has 0 radical (unpaired) electrons. The summed E-state index contributed by atoms with van der Waals surface area (Å²) in [5, 5.41) is 8.97. The van der Waals surface area contributed by atoms with Crippen molar-refractivity contribution >= 4 is 10.0 Å². The molecule has 0 aliphatic heterocycles. The fraction of sp³-hybridized carbons (Fsp3) is 0.500. The quantitative estimate of drug-likeness (QED) is 0.759. The molecular formula is C14H21N3O2S. The minimum atomic E-state index is -3.49. The van der Waals surface area contributed by atoms with Crippen LogP contribution in [0.25, 0.3) is 0 Å². The second-order valence-electron chi connectivity index (χ2n) is 4.72. The van der Waals surface area contributed by atoms with Gasteiger partial charge in [-0.05, 0) is 18.1 Å². The van der Waals surface area contributed by atoms with Crippen LogP contribution in [-0.2, 0) is 15.8 Å². The number of sulfonamides is 1. The Morgan fingerprint density at radius 3 is 2.70 bits per heavy atom. The van der Waals surface area contributed by atoms with E-state index in [-0.39, 0.29) is 18.3 Å². The maximum atomic E-state index is 12.1. The van der Waals surface area contributed by atoms with Crippen LogP contribution in [0.4, 0.5) is 0 Å². The van der Waals surface area contributed by atoms with Crippen LogP contribution in [0, 0.1) is 11.3 Å². The van der Waals surface area contributed by atoms with Crippen LogP contribution in [0.2, 0.25) is 0 Å². The molecule has 0 saturated carbocycles. The van der Waals surface area contributed by atoms with Crippen LogP contribution in [0.15, 0.2) is 24.3 Å². The molecule has 1 aromatic carbocycles. The molecule has 0 amide bonds. The number of hydrogen-bond acceptors (Lipinski definition) is 4. The molecule has 0 saturated heterocycles. The Balaban J connectivity index is 2.77. The van der Waals surface area contributed by atoms with Gasteiger partial charge in [0.15, 0.2) is 0 Å². The summed E-state index contributed by atoms with van der Waals surface area (Å²) in [5.41, 5.74) is 6.48. The van der Waals surface area contributed by atoms with Crippen molar-refractivity contribution in [3.8, 4) is 6.07 Å². The first-order valence-corrected chi connectivity index (χ1v) is 8.35. The van der Waals surface area contributed by atoms with Gasteiger partial charge in [0.1, 0.15) is 0 Å². The molecule has 110 valence electrons. The topological polar surface area (TPSA) is 96.0 Å². The molecule has 0 heterocycles. The first-order chi connectivity index (χ1) is 9.52. The van der Waals surface area contributed by atoms with Crippen LogP contribution in [0.5, 0.6) is 0 Å². The van der Waals surface area contributed by atoms with Crippen LogP contribution in [0.3, 0.4) is 0 Å². The number of nitrogens with two attached hydrogens (primary N) is 1. The molecule has 1 rings (SSSR count). The minimum absolute atomic E-state index is 0.195. The molecule has 0 fully saturated rings. The van der Waals surface area contributed by atoms with E-state index in [4.69, 9.17) is 11.0 Å². The van der Waals surface area contributed by atoms with Gasteiger partial charge in [-0.25, -0.2) is 13.1 Å². The molecule has 1 unspecified atom stereocenters. The third-order valence-electron chi connectivity index (χ3n) is 3.02. The van der Waals surface area contributed by atoms with Crippen molar-refractivity contribution in [3.63, 3.8) is 0 Å². The first kappa shape index (κ1) is 16.6. The van der Waals surface area contributed by atoms with E-state index < -0.39 is 10.0 Å². The summed E-state index contributed by atoms with van der Waals surface area (Å²) in [7, 11) is -3.49. The molecule has 3 N–H and O–H groups in total. The molecule has 5 nitrogen and oxygen atoms in total. The number of nitriles is 1. The Kier molecular flexibility index (Phi) is 6.65. The number of unbranched alkanes of at least 4 members (excludes halogenated alkanes) is 1. The van der Waals surface area contributed by atoms with Crippen molar-refractivity contribution in [2.24, 2.45) is 5.73 Å². The number of nitrogens with zero attached hydrogens (tertiary/aromatic N) is 1. The normalized spacial score (nSPS) is 12.8. The van der Waals surface area contributed by atoms with Gasteiger partial charge >= 0.3 is 0 Å². The molecule has 20 heavy (non-hydrogen) atoms. The average molecular weight is 295 g/mol. The largest absolute Gasteiger partial charge is 0.329 e. The maximum absolute atomic E-state index is 12.1. The van der Waals surface area contributed by atoms with Crippen molar-refractivity contribution in [2.75, 3.05) is 6.54 Å². The lowest BCUT2D eigenvalue weighted by Crippen LogP contribution is -2.40. The maximum Gasteiger partial charge on any atom is 0.216 e. The van der Waals surface area contributed by atoms with E-state index in [1.165, 1.54) is 0 Å². The summed E-state index contributed by atoms with van der Waals surface area (Å²) in [6, 6.07) is 8.47. The van der Waals surface area contributed by atoms with Gasteiger partial charge in [0.05, 0.1) is 17.4 Å². The first-order valence-electron chi connectivity index (χ1n) is 6.70. The van der Waals surface area contributed by atoms with Gasteiger partial charge in [0.25, 0.3) is 0 Å². The van der Waals surface area contributed by atoms with E-state index in [1.54, 1.807) is 24.3 Å². The highest BCUT2D eigenvalue weighted by Gasteiger charge is 2.18. The lowest BCUT2D eigenvalue weighted by atomic mass is 10.1. The summed E-state index contributed by atoms with van der Waals surface area (Å²) in [4.78, 5) is 0. The van der Waals surface area contributed by atoms with Gasteiger partial charge in [-0.15, -0.1) is 0 Å². The molecule has 1 atom stereocenters. The molecule has 0 aliphatic rings. The van der Waals surface area contributed by atoms with Gasteiger partial charge in [0, 0.05) is 12.6 Å². The zero-order chi connectivity index (χ0) is 15.0. The fourth-order valence-electron chi connectivity index (χ4n) is 1.93. The van der Waals surface area contributed by atoms with Crippen molar-refractivity contribution in [3.05, 3.63) is 35.4 Å². The van der Waals surface area contributed by atoms with Gasteiger partial charge in [-0.1, -0.05) is 38.0 Å². The number of hydrogen-bond donors (Lipinski definition) is 2. The van der Waals surface area contributed by atoms with E-state index in [0.29, 0.717) is 11.1 Å². The van der Waals surface area contributed by atoms with Crippen LogP contribution < -0.4 is 10.5 Å². The fourth-order valence-corrected chi connectivity index (χ4v) is 3.40. The van der Waals surface area contributed by atoms with Crippen molar-refractivity contribution < 1.29 is 8.42 Å². The Morgan fingerprint density at radius 1 is 1.40 bits per heavy atom. The number of nitrogens with one attached hydrogen (secondary N) is 1. The monoisotopic (exact) mass is 295 g/mol.